The van der Waals surface area contributed by atoms with Gasteiger partial charge in [-0.05, 0) is 43.7 Å². The van der Waals surface area contributed by atoms with E-state index in [1.165, 1.54) is 12.1 Å². The molecule has 0 radical (unpaired) electrons. The number of rotatable bonds is 8. The van der Waals surface area contributed by atoms with Crippen molar-refractivity contribution in [1.29, 1.82) is 0 Å². The Hall–Kier alpha value is -1.68. The summed E-state index contributed by atoms with van der Waals surface area (Å²) in [5.74, 6) is -1.07. The Kier molecular flexibility index (Phi) is 6.34. The van der Waals surface area contributed by atoms with E-state index in [2.05, 4.69) is 5.32 Å². The van der Waals surface area contributed by atoms with Gasteiger partial charge >= 0.3 is 7.60 Å². The van der Waals surface area contributed by atoms with E-state index in [4.69, 9.17) is 9.05 Å². The fraction of sp³-hybridized carbons (Fsp3) is 0.294. The van der Waals surface area contributed by atoms with Gasteiger partial charge in [-0.25, -0.2) is 4.39 Å². The summed E-state index contributed by atoms with van der Waals surface area (Å²) in [7, 11) is -3.47. The first-order valence-electron chi connectivity index (χ1n) is 7.55. The molecule has 0 heterocycles. The highest BCUT2D eigenvalue weighted by molar-refractivity contribution is 7.54. The van der Waals surface area contributed by atoms with Crippen molar-refractivity contribution in [3.05, 3.63) is 66.0 Å². The first-order valence-corrected chi connectivity index (χ1v) is 9.16. The average Bonchev–Trinajstić information content (AvgIpc) is 2.55. The van der Waals surface area contributed by atoms with Gasteiger partial charge in [0.05, 0.1) is 13.2 Å². The molecule has 0 unspecified atom stereocenters. The van der Waals surface area contributed by atoms with Gasteiger partial charge in [0.1, 0.15) is 5.82 Å². The molecule has 1 atom stereocenters. The smallest absolute Gasteiger partial charge is 0.357 e. The molecular formula is C17H21FNO3P. The number of para-hydroxylation sites is 1. The third-order valence-corrected chi connectivity index (χ3v) is 5.49. The summed E-state index contributed by atoms with van der Waals surface area (Å²) in [6.45, 7) is 4.03. The van der Waals surface area contributed by atoms with Gasteiger partial charge in [-0.3, -0.25) is 4.57 Å². The number of nitrogens with one attached hydrogen (secondary N) is 1. The van der Waals surface area contributed by atoms with Crippen LogP contribution in [-0.2, 0) is 13.6 Å². The molecule has 6 heteroatoms. The van der Waals surface area contributed by atoms with Crippen molar-refractivity contribution in [2.24, 2.45) is 0 Å². The largest absolute Gasteiger partial charge is 0.368 e. The van der Waals surface area contributed by atoms with Crippen LogP contribution < -0.4 is 5.32 Å². The Bertz CT molecular complexity index is 639. The lowest BCUT2D eigenvalue weighted by atomic mass is 10.2. The standard InChI is InChI=1S/C17H21FNO3P/c1-3-21-23(20,22-4-2)17(14-10-12-15(18)13-11-14)19-16-8-6-5-7-9-16/h5-13,17,19H,3-4H2,1-2H3/t17-/m0/s1. The minimum Gasteiger partial charge on any atom is -0.368 e. The van der Waals surface area contributed by atoms with Crippen molar-refractivity contribution in [1.82, 2.24) is 0 Å². The summed E-state index contributed by atoms with van der Waals surface area (Å²) < 4.78 is 37.4. The van der Waals surface area contributed by atoms with Gasteiger partial charge < -0.3 is 14.4 Å². The normalized spacial score (nSPS) is 12.8. The van der Waals surface area contributed by atoms with Gasteiger partial charge in [-0.2, -0.15) is 0 Å². The lowest BCUT2D eigenvalue weighted by molar-refractivity contribution is 0.214. The second-order valence-electron chi connectivity index (χ2n) is 4.84. The maximum absolute atomic E-state index is 13.2. The molecule has 0 amide bonds. The summed E-state index contributed by atoms with van der Waals surface area (Å²) >= 11 is 0. The van der Waals surface area contributed by atoms with Crippen LogP contribution in [0.2, 0.25) is 0 Å². The molecule has 0 saturated carbocycles. The molecule has 4 nitrogen and oxygen atoms in total. The highest BCUT2D eigenvalue weighted by atomic mass is 31.2. The van der Waals surface area contributed by atoms with Crippen LogP contribution in [0.1, 0.15) is 25.2 Å². The van der Waals surface area contributed by atoms with Crippen LogP contribution in [0.3, 0.4) is 0 Å². The van der Waals surface area contributed by atoms with Gasteiger partial charge in [-0.1, -0.05) is 30.3 Å². The third-order valence-electron chi connectivity index (χ3n) is 3.20. The second-order valence-corrected chi connectivity index (χ2v) is 6.95. The van der Waals surface area contributed by atoms with E-state index in [9.17, 15) is 8.96 Å². The number of hydrogen-bond acceptors (Lipinski definition) is 4. The van der Waals surface area contributed by atoms with Crippen LogP contribution in [0.15, 0.2) is 54.6 Å². The molecule has 0 aliphatic heterocycles. The maximum atomic E-state index is 13.2. The molecule has 2 aromatic carbocycles. The minimum atomic E-state index is -3.47. The lowest BCUT2D eigenvalue weighted by Crippen LogP contribution is -2.15. The van der Waals surface area contributed by atoms with Crippen molar-refractivity contribution in [2.45, 2.75) is 19.6 Å². The van der Waals surface area contributed by atoms with E-state index >= 15 is 0 Å². The Labute approximate surface area is 136 Å². The Morgan fingerprint density at radius 1 is 1.00 bits per heavy atom. The average molecular weight is 337 g/mol. The molecule has 0 aliphatic carbocycles. The van der Waals surface area contributed by atoms with Crippen LogP contribution in [0, 0.1) is 5.82 Å². The van der Waals surface area contributed by atoms with Crippen molar-refractivity contribution in [3.8, 4) is 0 Å². The third kappa shape index (κ3) is 4.64. The van der Waals surface area contributed by atoms with E-state index < -0.39 is 13.4 Å². The van der Waals surface area contributed by atoms with Gasteiger partial charge in [0.15, 0.2) is 5.78 Å². The van der Waals surface area contributed by atoms with Gasteiger partial charge in [0.25, 0.3) is 0 Å². The minimum absolute atomic E-state index is 0.255. The first kappa shape index (κ1) is 17.7. The topological polar surface area (TPSA) is 47.6 Å². The molecule has 124 valence electrons. The van der Waals surface area contributed by atoms with Crippen LogP contribution >= 0.6 is 7.60 Å². The molecular weight excluding hydrogens is 316 g/mol. The van der Waals surface area contributed by atoms with Gasteiger partial charge in [-0.15, -0.1) is 0 Å². The Balaban J connectivity index is 2.40. The fourth-order valence-electron chi connectivity index (χ4n) is 2.23. The molecule has 23 heavy (non-hydrogen) atoms. The molecule has 0 bridgehead atoms. The van der Waals surface area contributed by atoms with Crippen molar-refractivity contribution < 1.29 is 18.0 Å². The maximum Gasteiger partial charge on any atom is 0.357 e. The van der Waals surface area contributed by atoms with Crippen LogP contribution in [0.25, 0.3) is 0 Å². The molecule has 2 aromatic rings. The molecule has 0 saturated heterocycles. The summed E-state index contributed by atoms with van der Waals surface area (Å²) in [5.41, 5.74) is 1.42. The number of anilines is 1. The number of hydrogen-bond donors (Lipinski definition) is 1. The summed E-state index contributed by atoms with van der Waals surface area (Å²) in [4.78, 5) is 0. The predicted molar refractivity (Wildman–Crippen MR) is 90.1 cm³/mol. The van der Waals surface area contributed by atoms with Crippen molar-refractivity contribution in [3.63, 3.8) is 0 Å². The second kappa shape index (κ2) is 8.25. The van der Waals surface area contributed by atoms with E-state index in [1.54, 1.807) is 26.0 Å². The van der Waals surface area contributed by atoms with Crippen molar-refractivity contribution >= 4 is 13.3 Å². The quantitative estimate of drug-likeness (QED) is 0.672. The summed E-state index contributed by atoms with van der Waals surface area (Å²) in [6.07, 6.45) is 0. The molecule has 1 N–H and O–H groups in total. The molecule has 0 fully saturated rings. The SMILES string of the molecule is CCOP(=O)(OCC)[C@H](Nc1ccccc1)c1ccc(F)cc1. The zero-order valence-corrected chi connectivity index (χ0v) is 14.1. The highest BCUT2D eigenvalue weighted by Crippen LogP contribution is 2.60. The Morgan fingerprint density at radius 2 is 1.57 bits per heavy atom. The summed E-state index contributed by atoms with van der Waals surface area (Å²) in [5, 5.41) is 3.19. The van der Waals surface area contributed by atoms with Crippen molar-refractivity contribution in [2.75, 3.05) is 18.5 Å². The zero-order valence-electron chi connectivity index (χ0n) is 13.2. The molecule has 0 aromatic heterocycles. The van der Waals surface area contributed by atoms with E-state index in [1.807, 2.05) is 30.3 Å². The summed E-state index contributed by atoms with van der Waals surface area (Å²) in [6, 6.07) is 15.2. The van der Waals surface area contributed by atoms with Gasteiger partial charge in [0.2, 0.25) is 0 Å². The molecule has 2 rings (SSSR count). The van der Waals surface area contributed by atoms with Crippen LogP contribution in [-0.4, -0.2) is 13.2 Å². The first-order chi connectivity index (χ1) is 11.1. The molecule has 0 aliphatic rings. The zero-order chi connectivity index (χ0) is 16.7. The number of halogens is 1. The molecule has 0 spiro atoms. The predicted octanol–water partition coefficient (Wildman–Crippen LogP) is 5.20. The van der Waals surface area contributed by atoms with Crippen LogP contribution in [0.4, 0.5) is 10.1 Å². The van der Waals surface area contributed by atoms with E-state index in [-0.39, 0.29) is 19.0 Å². The van der Waals surface area contributed by atoms with Gasteiger partial charge in [0, 0.05) is 5.69 Å². The Morgan fingerprint density at radius 3 is 2.09 bits per heavy atom. The van der Waals surface area contributed by atoms with E-state index in [0.717, 1.165) is 5.69 Å². The fourth-order valence-corrected chi connectivity index (χ4v) is 4.17. The number of benzene rings is 2. The monoisotopic (exact) mass is 337 g/mol. The van der Waals surface area contributed by atoms with E-state index in [0.29, 0.717) is 5.56 Å². The highest BCUT2D eigenvalue weighted by Gasteiger charge is 2.37. The van der Waals surface area contributed by atoms with Crippen LogP contribution in [0.5, 0.6) is 0 Å². The lowest BCUT2D eigenvalue weighted by Gasteiger charge is -2.28.